The quantitative estimate of drug-likeness (QED) is 0.851. The van der Waals surface area contributed by atoms with E-state index in [4.69, 9.17) is 0 Å². The Morgan fingerprint density at radius 1 is 1.45 bits per heavy atom. The lowest BCUT2D eigenvalue weighted by Gasteiger charge is -2.34. The van der Waals surface area contributed by atoms with Crippen molar-refractivity contribution >= 4 is 22.4 Å². The molecule has 1 aliphatic carbocycles. The van der Waals surface area contributed by atoms with Crippen molar-refractivity contribution in [2.24, 2.45) is 11.8 Å². The maximum Gasteiger partial charge on any atom is 0.246 e. The van der Waals surface area contributed by atoms with Gasteiger partial charge >= 0.3 is 0 Å². The van der Waals surface area contributed by atoms with Gasteiger partial charge in [0.25, 0.3) is 0 Å². The molecule has 1 atom stereocenters. The van der Waals surface area contributed by atoms with Gasteiger partial charge in [-0.2, -0.15) is 5.26 Å². The summed E-state index contributed by atoms with van der Waals surface area (Å²) < 4.78 is 0. The van der Waals surface area contributed by atoms with Crippen molar-refractivity contribution in [3.8, 4) is 6.07 Å². The van der Waals surface area contributed by atoms with Crippen molar-refractivity contribution in [3.05, 3.63) is 11.6 Å². The number of aromatic nitrogens is 1. The number of thiazole rings is 1. The maximum atomic E-state index is 12.8. The number of nitrogens with zero attached hydrogens (tertiary/aromatic N) is 3. The first-order valence-corrected chi connectivity index (χ1v) is 8.15. The highest BCUT2D eigenvalue weighted by atomic mass is 32.1. The van der Waals surface area contributed by atoms with Crippen LogP contribution in [0.1, 0.15) is 46.0 Å². The third-order valence-electron chi connectivity index (χ3n) is 3.87. The van der Waals surface area contributed by atoms with Crippen molar-refractivity contribution in [2.45, 2.75) is 52.0 Å². The van der Waals surface area contributed by atoms with E-state index in [1.807, 2.05) is 19.2 Å². The van der Waals surface area contributed by atoms with Gasteiger partial charge in [0.2, 0.25) is 5.91 Å². The van der Waals surface area contributed by atoms with Crippen LogP contribution in [-0.2, 0) is 4.79 Å². The first kappa shape index (κ1) is 15.0. The molecule has 1 aromatic heterocycles. The average molecular weight is 291 g/mol. The molecular weight excluding hydrogens is 270 g/mol. The minimum Gasteiger partial charge on any atom is -0.284 e. The molecule has 1 aromatic rings. The SMILES string of the molecule is CC(C)C(C#N)C(=O)N(c1nccs1)C1CCCCC1. The lowest BCUT2D eigenvalue weighted by atomic mass is 9.91. The van der Waals surface area contributed by atoms with Crippen molar-refractivity contribution in [2.75, 3.05) is 4.90 Å². The van der Waals surface area contributed by atoms with Crippen molar-refractivity contribution in [1.29, 1.82) is 5.26 Å². The predicted molar refractivity (Wildman–Crippen MR) is 80.4 cm³/mol. The molecule has 0 spiro atoms. The second-order valence-corrected chi connectivity index (χ2v) is 6.54. The number of amides is 1. The fourth-order valence-electron chi connectivity index (χ4n) is 2.74. The topological polar surface area (TPSA) is 57.0 Å². The van der Waals surface area contributed by atoms with Crippen LogP contribution in [0, 0.1) is 23.2 Å². The number of hydrogen-bond donors (Lipinski definition) is 0. The van der Waals surface area contributed by atoms with Crippen LogP contribution in [0.25, 0.3) is 0 Å². The van der Waals surface area contributed by atoms with Crippen molar-refractivity contribution < 1.29 is 4.79 Å². The molecule has 0 bridgehead atoms. The van der Waals surface area contributed by atoms with Gasteiger partial charge in [0.1, 0.15) is 5.92 Å². The lowest BCUT2D eigenvalue weighted by Crippen LogP contribution is -2.45. The van der Waals surface area contributed by atoms with Crippen LogP contribution < -0.4 is 4.90 Å². The zero-order valence-electron chi connectivity index (χ0n) is 12.1. The molecule has 4 nitrogen and oxygen atoms in total. The molecule has 1 saturated carbocycles. The highest BCUT2D eigenvalue weighted by Crippen LogP contribution is 2.31. The van der Waals surface area contributed by atoms with Gasteiger partial charge < -0.3 is 0 Å². The Morgan fingerprint density at radius 3 is 2.65 bits per heavy atom. The Balaban J connectivity index is 2.27. The predicted octanol–water partition coefficient (Wildman–Crippen LogP) is 3.60. The van der Waals surface area contributed by atoms with E-state index < -0.39 is 5.92 Å². The number of hydrogen-bond acceptors (Lipinski definition) is 4. The van der Waals surface area contributed by atoms with E-state index in [-0.39, 0.29) is 17.9 Å². The first-order chi connectivity index (χ1) is 9.65. The molecule has 108 valence electrons. The van der Waals surface area contributed by atoms with Gasteiger partial charge in [-0.3, -0.25) is 9.69 Å². The number of anilines is 1. The van der Waals surface area contributed by atoms with Crippen LogP contribution in [0.15, 0.2) is 11.6 Å². The molecule has 2 rings (SSSR count). The van der Waals surface area contributed by atoms with E-state index in [0.717, 1.165) is 30.8 Å². The van der Waals surface area contributed by atoms with Gasteiger partial charge in [-0.1, -0.05) is 33.1 Å². The lowest BCUT2D eigenvalue weighted by molar-refractivity contribution is -0.122. The summed E-state index contributed by atoms with van der Waals surface area (Å²) in [6.07, 6.45) is 7.29. The smallest absolute Gasteiger partial charge is 0.246 e. The molecule has 1 aliphatic rings. The van der Waals surface area contributed by atoms with Crippen LogP contribution in [0.4, 0.5) is 5.13 Å². The number of rotatable bonds is 4. The number of nitriles is 1. The highest BCUT2D eigenvalue weighted by Gasteiger charge is 2.34. The summed E-state index contributed by atoms with van der Waals surface area (Å²) in [5.41, 5.74) is 0. The molecule has 0 aromatic carbocycles. The third-order valence-corrected chi connectivity index (χ3v) is 4.65. The molecule has 1 heterocycles. The molecule has 1 unspecified atom stereocenters. The summed E-state index contributed by atoms with van der Waals surface area (Å²) in [5.74, 6) is -0.635. The molecule has 0 aliphatic heterocycles. The summed E-state index contributed by atoms with van der Waals surface area (Å²) in [4.78, 5) is 18.9. The first-order valence-electron chi connectivity index (χ1n) is 7.27. The second kappa shape index (κ2) is 6.85. The zero-order valence-corrected chi connectivity index (χ0v) is 12.9. The zero-order chi connectivity index (χ0) is 14.5. The standard InChI is InChI=1S/C15H21N3OS/c1-11(2)13(10-16)14(19)18(15-17-8-9-20-15)12-6-4-3-5-7-12/h8-9,11-13H,3-7H2,1-2H3. The Kier molecular flexibility index (Phi) is 5.13. The Labute approximate surface area is 124 Å². The Hall–Kier alpha value is -1.41. The molecule has 1 fully saturated rings. The van der Waals surface area contributed by atoms with Gasteiger partial charge in [0.05, 0.1) is 6.07 Å². The van der Waals surface area contributed by atoms with E-state index in [1.54, 1.807) is 11.1 Å². The van der Waals surface area contributed by atoms with Crippen LogP contribution in [0.5, 0.6) is 0 Å². The molecule has 0 radical (unpaired) electrons. The summed E-state index contributed by atoms with van der Waals surface area (Å²) in [5, 5.41) is 11.9. The molecule has 0 saturated heterocycles. The molecule has 1 amide bonds. The van der Waals surface area contributed by atoms with Gasteiger partial charge in [0, 0.05) is 17.6 Å². The van der Waals surface area contributed by atoms with Crippen LogP contribution in [0.3, 0.4) is 0 Å². The number of carbonyl (C=O) groups is 1. The van der Waals surface area contributed by atoms with E-state index in [2.05, 4.69) is 11.1 Å². The highest BCUT2D eigenvalue weighted by molar-refractivity contribution is 7.13. The van der Waals surface area contributed by atoms with Crippen LogP contribution >= 0.6 is 11.3 Å². The fraction of sp³-hybridized carbons (Fsp3) is 0.667. The van der Waals surface area contributed by atoms with Crippen molar-refractivity contribution in [3.63, 3.8) is 0 Å². The van der Waals surface area contributed by atoms with E-state index in [1.165, 1.54) is 17.8 Å². The van der Waals surface area contributed by atoms with Crippen molar-refractivity contribution in [1.82, 2.24) is 4.98 Å². The van der Waals surface area contributed by atoms with Gasteiger partial charge in [0.15, 0.2) is 5.13 Å². The van der Waals surface area contributed by atoms with Gasteiger partial charge in [-0.25, -0.2) is 4.98 Å². The minimum atomic E-state index is -0.583. The van der Waals surface area contributed by atoms with Gasteiger partial charge in [-0.05, 0) is 18.8 Å². The fourth-order valence-corrected chi connectivity index (χ4v) is 3.46. The average Bonchev–Trinajstić information content (AvgIpc) is 2.94. The second-order valence-electron chi connectivity index (χ2n) is 5.67. The Morgan fingerprint density at radius 2 is 2.15 bits per heavy atom. The molecular formula is C15H21N3OS. The molecule has 20 heavy (non-hydrogen) atoms. The number of carbonyl (C=O) groups excluding carboxylic acids is 1. The summed E-state index contributed by atoms with van der Waals surface area (Å²) in [7, 11) is 0. The van der Waals surface area contributed by atoms with Crippen LogP contribution in [0.2, 0.25) is 0 Å². The normalized spacial score (nSPS) is 17.7. The minimum absolute atomic E-state index is 0.0264. The van der Waals surface area contributed by atoms with Crippen LogP contribution in [-0.4, -0.2) is 16.9 Å². The van der Waals surface area contributed by atoms with E-state index >= 15 is 0 Å². The summed E-state index contributed by atoms with van der Waals surface area (Å²) in [6.45, 7) is 3.85. The summed E-state index contributed by atoms with van der Waals surface area (Å²) >= 11 is 1.48. The Bertz CT molecular complexity index is 472. The monoisotopic (exact) mass is 291 g/mol. The third kappa shape index (κ3) is 3.18. The molecule has 5 heteroatoms. The van der Waals surface area contributed by atoms with E-state index in [9.17, 15) is 10.1 Å². The summed E-state index contributed by atoms with van der Waals surface area (Å²) in [6, 6.07) is 2.37. The van der Waals surface area contributed by atoms with Gasteiger partial charge in [-0.15, -0.1) is 11.3 Å². The molecule has 0 N–H and O–H groups in total. The maximum absolute atomic E-state index is 12.8. The van der Waals surface area contributed by atoms with E-state index in [0.29, 0.717) is 0 Å². The largest absolute Gasteiger partial charge is 0.284 e.